The Hall–Kier alpha value is -3.80. The Bertz CT molecular complexity index is 1160. The summed E-state index contributed by atoms with van der Waals surface area (Å²) >= 11 is 1.35. The minimum Gasteiger partial charge on any atom is -0.497 e. The van der Waals surface area contributed by atoms with E-state index in [9.17, 15) is 10.1 Å². The van der Waals surface area contributed by atoms with Crippen LogP contribution in [0.25, 0.3) is 11.4 Å². The van der Waals surface area contributed by atoms with Crippen molar-refractivity contribution in [1.29, 1.82) is 0 Å². The van der Waals surface area contributed by atoms with Gasteiger partial charge in [0.15, 0.2) is 0 Å². The molecule has 0 bridgehead atoms. The number of nitro benzene ring substituents is 1. The van der Waals surface area contributed by atoms with Crippen LogP contribution in [0.3, 0.4) is 0 Å². The molecule has 0 aliphatic carbocycles. The first-order chi connectivity index (χ1) is 14.6. The van der Waals surface area contributed by atoms with Crippen molar-refractivity contribution in [3.8, 4) is 17.1 Å². The van der Waals surface area contributed by atoms with Crippen LogP contribution in [-0.2, 0) is 12.3 Å². The Balaban J connectivity index is 1.42. The van der Waals surface area contributed by atoms with E-state index in [4.69, 9.17) is 9.26 Å². The molecule has 4 rings (SSSR count). The van der Waals surface area contributed by atoms with E-state index < -0.39 is 4.92 Å². The van der Waals surface area contributed by atoms with E-state index in [1.54, 1.807) is 23.9 Å². The zero-order valence-corrected chi connectivity index (χ0v) is 16.5. The maximum atomic E-state index is 10.9. The number of benzene rings is 2. The summed E-state index contributed by atoms with van der Waals surface area (Å²) < 4.78 is 12.1. The van der Waals surface area contributed by atoms with E-state index in [0.717, 1.165) is 11.3 Å². The van der Waals surface area contributed by atoms with Gasteiger partial charge in [0, 0.05) is 17.7 Å². The molecule has 0 radical (unpaired) electrons. The van der Waals surface area contributed by atoms with Gasteiger partial charge in [-0.2, -0.15) is 4.98 Å². The van der Waals surface area contributed by atoms with Gasteiger partial charge in [0.1, 0.15) is 5.75 Å². The Labute approximate surface area is 174 Å². The van der Waals surface area contributed by atoms with Crippen LogP contribution in [0.4, 0.5) is 5.69 Å². The largest absolute Gasteiger partial charge is 0.497 e. The van der Waals surface area contributed by atoms with Gasteiger partial charge < -0.3 is 9.26 Å². The van der Waals surface area contributed by atoms with Crippen LogP contribution in [0.5, 0.6) is 5.75 Å². The molecular weight excluding hydrogens is 410 g/mol. The van der Waals surface area contributed by atoms with Gasteiger partial charge in [-0.25, -0.2) is 4.68 Å². The lowest BCUT2D eigenvalue weighted by molar-refractivity contribution is -0.384. The molecule has 0 atom stereocenters. The van der Waals surface area contributed by atoms with E-state index in [1.165, 1.54) is 23.9 Å². The highest BCUT2D eigenvalue weighted by Crippen LogP contribution is 2.24. The second-order valence-electron chi connectivity index (χ2n) is 6.08. The summed E-state index contributed by atoms with van der Waals surface area (Å²) in [6.45, 7) is 0.502. The SMILES string of the molecule is COc1ccc(Cn2nnnc2SCc2nc(-c3cccc([N+](=O)[O-])c3)no2)cc1. The lowest BCUT2D eigenvalue weighted by Crippen LogP contribution is -2.04. The van der Waals surface area contributed by atoms with Crippen molar-refractivity contribution in [3.63, 3.8) is 0 Å². The van der Waals surface area contributed by atoms with Crippen molar-refractivity contribution in [2.24, 2.45) is 0 Å². The molecule has 0 aliphatic rings. The molecular formula is C18H15N7O4S. The summed E-state index contributed by atoms with van der Waals surface area (Å²) in [7, 11) is 1.62. The molecule has 2 aromatic heterocycles. The number of nitro groups is 1. The fourth-order valence-electron chi connectivity index (χ4n) is 2.62. The van der Waals surface area contributed by atoms with Gasteiger partial charge >= 0.3 is 0 Å². The molecule has 0 fully saturated rings. The van der Waals surface area contributed by atoms with Crippen molar-refractivity contribution in [2.75, 3.05) is 7.11 Å². The van der Waals surface area contributed by atoms with Crippen LogP contribution in [0.2, 0.25) is 0 Å². The average molecular weight is 425 g/mol. The third-order valence-electron chi connectivity index (χ3n) is 4.10. The highest BCUT2D eigenvalue weighted by atomic mass is 32.2. The number of hydrogen-bond donors (Lipinski definition) is 0. The third kappa shape index (κ3) is 4.43. The highest BCUT2D eigenvalue weighted by Gasteiger charge is 2.15. The van der Waals surface area contributed by atoms with E-state index in [1.807, 2.05) is 24.3 Å². The maximum Gasteiger partial charge on any atom is 0.270 e. The van der Waals surface area contributed by atoms with E-state index in [-0.39, 0.29) is 11.5 Å². The lowest BCUT2D eigenvalue weighted by atomic mass is 10.2. The number of tetrazole rings is 1. The van der Waals surface area contributed by atoms with Crippen LogP contribution in [0.15, 0.2) is 58.2 Å². The summed E-state index contributed by atoms with van der Waals surface area (Å²) in [6, 6.07) is 13.7. The minimum atomic E-state index is -0.469. The number of ether oxygens (including phenoxy) is 1. The van der Waals surface area contributed by atoms with E-state index in [2.05, 4.69) is 25.7 Å². The van der Waals surface area contributed by atoms with Gasteiger partial charge in [0.25, 0.3) is 5.69 Å². The van der Waals surface area contributed by atoms with Gasteiger partial charge in [-0.05, 0) is 28.1 Å². The van der Waals surface area contributed by atoms with Crippen molar-refractivity contribution in [3.05, 3.63) is 70.1 Å². The number of non-ortho nitro benzene ring substituents is 1. The zero-order valence-electron chi connectivity index (χ0n) is 15.7. The van der Waals surface area contributed by atoms with Crippen LogP contribution in [0.1, 0.15) is 11.5 Å². The molecule has 4 aromatic rings. The molecule has 0 amide bonds. The van der Waals surface area contributed by atoms with Crippen LogP contribution >= 0.6 is 11.8 Å². The number of rotatable bonds is 8. The molecule has 0 saturated carbocycles. The zero-order chi connectivity index (χ0) is 20.9. The van der Waals surface area contributed by atoms with Gasteiger partial charge in [-0.3, -0.25) is 10.1 Å². The predicted octanol–water partition coefficient (Wildman–Crippen LogP) is 2.98. The lowest BCUT2D eigenvalue weighted by Gasteiger charge is -2.05. The quantitative estimate of drug-likeness (QED) is 0.235. The highest BCUT2D eigenvalue weighted by molar-refractivity contribution is 7.98. The molecule has 0 unspecified atom stereocenters. The summed E-state index contributed by atoms with van der Waals surface area (Å²) in [5.74, 6) is 1.78. The molecule has 152 valence electrons. The fourth-order valence-corrected chi connectivity index (χ4v) is 3.33. The van der Waals surface area contributed by atoms with Gasteiger partial charge in [-0.15, -0.1) is 5.10 Å². The first-order valence-electron chi connectivity index (χ1n) is 8.71. The molecule has 0 saturated heterocycles. The molecule has 0 spiro atoms. The molecule has 0 aliphatic heterocycles. The number of aromatic nitrogens is 6. The Morgan fingerprint density at radius 2 is 2.07 bits per heavy atom. The first-order valence-corrected chi connectivity index (χ1v) is 9.70. The van der Waals surface area contributed by atoms with Crippen molar-refractivity contribution < 1.29 is 14.2 Å². The molecule has 2 aromatic carbocycles. The third-order valence-corrected chi connectivity index (χ3v) is 5.04. The Kier molecular flexibility index (Phi) is 5.66. The summed E-state index contributed by atoms with van der Waals surface area (Å²) in [5, 5.41) is 27.2. The Morgan fingerprint density at radius 1 is 1.23 bits per heavy atom. The molecule has 11 nitrogen and oxygen atoms in total. The monoisotopic (exact) mass is 425 g/mol. The van der Waals surface area contributed by atoms with Crippen LogP contribution in [-0.4, -0.2) is 42.4 Å². The standard InChI is InChI=1S/C18H15N7O4S/c1-28-15-7-5-12(6-8-15)10-24-18(20-22-23-24)30-11-16-19-17(21-29-16)13-3-2-4-14(9-13)25(26)27/h2-9H,10-11H2,1H3. The normalized spacial score (nSPS) is 10.8. The summed E-state index contributed by atoms with van der Waals surface area (Å²) in [6.07, 6.45) is 0. The van der Waals surface area contributed by atoms with Gasteiger partial charge in [0.05, 0.1) is 24.3 Å². The molecule has 30 heavy (non-hydrogen) atoms. The summed E-state index contributed by atoms with van der Waals surface area (Å²) in [5.41, 5.74) is 1.50. The van der Waals surface area contributed by atoms with Gasteiger partial charge in [-0.1, -0.05) is 41.2 Å². The molecule has 12 heteroatoms. The van der Waals surface area contributed by atoms with Gasteiger partial charge in [0.2, 0.25) is 16.9 Å². The summed E-state index contributed by atoms with van der Waals surface area (Å²) in [4.78, 5) is 14.8. The molecule has 2 heterocycles. The number of nitrogens with zero attached hydrogens (tertiary/aromatic N) is 7. The van der Waals surface area contributed by atoms with Crippen LogP contribution < -0.4 is 4.74 Å². The van der Waals surface area contributed by atoms with Crippen molar-refractivity contribution in [1.82, 2.24) is 30.3 Å². The second-order valence-corrected chi connectivity index (χ2v) is 7.02. The van der Waals surface area contributed by atoms with Crippen molar-refractivity contribution in [2.45, 2.75) is 17.5 Å². The smallest absolute Gasteiger partial charge is 0.270 e. The average Bonchev–Trinajstić information content (AvgIpc) is 3.42. The maximum absolute atomic E-state index is 10.9. The number of methoxy groups -OCH3 is 1. The Morgan fingerprint density at radius 3 is 2.83 bits per heavy atom. The van der Waals surface area contributed by atoms with Crippen molar-refractivity contribution >= 4 is 17.4 Å². The fraction of sp³-hybridized carbons (Fsp3) is 0.167. The number of hydrogen-bond acceptors (Lipinski definition) is 10. The molecule has 0 N–H and O–H groups in total. The first kappa shape index (κ1) is 19.5. The van der Waals surface area contributed by atoms with E-state index in [0.29, 0.717) is 28.9 Å². The van der Waals surface area contributed by atoms with E-state index >= 15 is 0 Å². The topological polar surface area (TPSA) is 135 Å². The van der Waals surface area contributed by atoms with Crippen LogP contribution in [0, 0.1) is 10.1 Å². The predicted molar refractivity (Wildman–Crippen MR) is 106 cm³/mol. The second kappa shape index (κ2) is 8.69. The minimum absolute atomic E-state index is 0.0362. The number of thioether (sulfide) groups is 1.